The molecule has 0 bridgehead atoms. The number of rotatable bonds is 10. The van der Waals surface area contributed by atoms with Gasteiger partial charge in [0.1, 0.15) is 5.82 Å². The highest BCUT2D eigenvalue weighted by Gasteiger charge is 2.45. The first-order chi connectivity index (χ1) is 20.6. The molecule has 0 spiro atoms. The molecule has 0 aromatic heterocycles. The summed E-state index contributed by atoms with van der Waals surface area (Å²) in [5.41, 5.74) is 1.23. The molecule has 0 radical (unpaired) electrons. The van der Waals surface area contributed by atoms with Crippen LogP contribution in [-0.4, -0.2) is 25.4 Å². The van der Waals surface area contributed by atoms with E-state index in [0.29, 0.717) is 50.0 Å². The van der Waals surface area contributed by atoms with E-state index < -0.39 is 53.6 Å². The Labute approximate surface area is 250 Å². The average molecular weight is 613 g/mol. The van der Waals surface area contributed by atoms with Crippen molar-refractivity contribution >= 4 is 0 Å². The van der Waals surface area contributed by atoms with Gasteiger partial charge in [-0.15, -0.1) is 0 Å². The molecule has 0 N–H and O–H groups in total. The summed E-state index contributed by atoms with van der Waals surface area (Å²) < 4.78 is 102. The number of benzene rings is 2. The van der Waals surface area contributed by atoms with Gasteiger partial charge < -0.3 is 14.2 Å². The Kier molecular flexibility index (Phi) is 10.8. The highest BCUT2D eigenvalue weighted by molar-refractivity contribution is 5.30. The molecule has 2 aromatic carbocycles. The molecule has 1 heterocycles. The van der Waals surface area contributed by atoms with Crippen molar-refractivity contribution in [3.63, 3.8) is 0 Å². The second-order valence-electron chi connectivity index (χ2n) is 12.6. The van der Waals surface area contributed by atoms with E-state index in [1.165, 1.54) is 25.3 Å². The number of halogens is 6. The van der Waals surface area contributed by atoms with Gasteiger partial charge in [0.05, 0.1) is 25.2 Å². The molecule has 1 saturated heterocycles. The van der Waals surface area contributed by atoms with Crippen LogP contribution in [0.4, 0.5) is 26.3 Å². The second-order valence-corrected chi connectivity index (χ2v) is 12.6. The van der Waals surface area contributed by atoms with Gasteiger partial charge in [0.2, 0.25) is 0 Å². The number of alkyl halides is 2. The number of ether oxygens (including phenoxy) is 3. The molecule has 9 heteroatoms. The first-order valence-corrected chi connectivity index (χ1v) is 15.9. The largest absolute Gasteiger partial charge is 0.358 e. The van der Waals surface area contributed by atoms with Gasteiger partial charge in [-0.1, -0.05) is 44.7 Å². The van der Waals surface area contributed by atoms with Crippen molar-refractivity contribution in [1.82, 2.24) is 0 Å². The summed E-state index contributed by atoms with van der Waals surface area (Å²) in [5.74, 6) is -5.18. The van der Waals surface area contributed by atoms with Crippen LogP contribution in [0.5, 0.6) is 0 Å². The van der Waals surface area contributed by atoms with Crippen molar-refractivity contribution in [3.05, 3.63) is 70.3 Å². The van der Waals surface area contributed by atoms with Crippen molar-refractivity contribution in [2.45, 2.75) is 114 Å². The molecule has 5 rings (SSSR count). The second kappa shape index (κ2) is 14.3. The normalized spacial score (nSPS) is 28.6. The Hall–Kier alpha value is -2.10. The first kappa shape index (κ1) is 32.3. The zero-order valence-corrected chi connectivity index (χ0v) is 24.7. The fourth-order valence-corrected chi connectivity index (χ4v) is 7.02. The van der Waals surface area contributed by atoms with Gasteiger partial charge in [-0.2, -0.15) is 8.78 Å². The highest BCUT2D eigenvalue weighted by atomic mass is 19.3. The van der Waals surface area contributed by atoms with Crippen LogP contribution < -0.4 is 0 Å². The van der Waals surface area contributed by atoms with Crippen LogP contribution in [0.3, 0.4) is 0 Å². The van der Waals surface area contributed by atoms with E-state index in [9.17, 15) is 13.2 Å². The molecular formula is C34H42F6O3. The molecule has 0 amide bonds. The Bertz CT molecular complexity index is 1180. The Balaban J connectivity index is 1.08. The van der Waals surface area contributed by atoms with Gasteiger partial charge in [0.15, 0.2) is 23.7 Å². The van der Waals surface area contributed by atoms with Crippen molar-refractivity contribution in [3.8, 4) is 0 Å². The van der Waals surface area contributed by atoms with E-state index in [1.807, 2.05) is 6.07 Å². The van der Waals surface area contributed by atoms with Crippen LogP contribution in [0.1, 0.15) is 119 Å². The molecule has 238 valence electrons. The Morgan fingerprint density at radius 3 is 1.98 bits per heavy atom. The maximum atomic E-state index is 15.2. The van der Waals surface area contributed by atoms with Crippen molar-refractivity contribution < 1.29 is 40.6 Å². The third-order valence-electron chi connectivity index (χ3n) is 9.65. The summed E-state index contributed by atoms with van der Waals surface area (Å²) in [5, 5.41) is 0. The maximum absolute atomic E-state index is 15.2. The van der Waals surface area contributed by atoms with Crippen LogP contribution in [0.2, 0.25) is 0 Å². The molecule has 3 aliphatic rings. The SMILES string of the molecule is CCCCCC1CCC(C(F)(F)OC2CCC(c3ccc(C4COC(c5cc(F)c(F)c(F)c5)OC4)c(F)c3)CC2)CC1. The van der Waals surface area contributed by atoms with E-state index in [2.05, 4.69) is 6.92 Å². The van der Waals surface area contributed by atoms with Crippen molar-refractivity contribution in [1.29, 1.82) is 0 Å². The third kappa shape index (κ3) is 7.95. The van der Waals surface area contributed by atoms with E-state index in [0.717, 1.165) is 37.0 Å². The van der Waals surface area contributed by atoms with E-state index >= 15 is 13.2 Å². The Morgan fingerprint density at radius 1 is 0.744 bits per heavy atom. The fraction of sp³-hybridized carbons (Fsp3) is 0.647. The molecule has 0 atom stereocenters. The molecule has 3 fully saturated rings. The average Bonchev–Trinajstić information content (AvgIpc) is 3.00. The molecule has 2 aliphatic carbocycles. The maximum Gasteiger partial charge on any atom is 0.358 e. The van der Waals surface area contributed by atoms with Gasteiger partial charge >= 0.3 is 6.11 Å². The smallest absolute Gasteiger partial charge is 0.348 e. The van der Waals surface area contributed by atoms with Crippen LogP contribution >= 0.6 is 0 Å². The minimum atomic E-state index is -3.11. The van der Waals surface area contributed by atoms with E-state index in [4.69, 9.17) is 14.2 Å². The summed E-state index contributed by atoms with van der Waals surface area (Å²) >= 11 is 0. The molecule has 0 unspecified atom stereocenters. The zero-order valence-electron chi connectivity index (χ0n) is 24.7. The van der Waals surface area contributed by atoms with Gasteiger partial charge in [-0.05, 0) is 92.5 Å². The van der Waals surface area contributed by atoms with Crippen molar-refractivity contribution in [2.75, 3.05) is 13.2 Å². The summed E-state index contributed by atoms with van der Waals surface area (Å²) in [6.07, 6.45) is 5.07. The van der Waals surface area contributed by atoms with Crippen LogP contribution in [0.15, 0.2) is 30.3 Å². The lowest BCUT2D eigenvalue weighted by Crippen LogP contribution is -2.39. The first-order valence-electron chi connectivity index (χ1n) is 15.9. The quantitative estimate of drug-likeness (QED) is 0.152. The molecule has 43 heavy (non-hydrogen) atoms. The topological polar surface area (TPSA) is 27.7 Å². The lowest BCUT2D eigenvalue weighted by atomic mass is 9.79. The van der Waals surface area contributed by atoms with Crippen LogP contribution in [0.25, 0.3) is 0 Å². The van der Waals surface area contributed by atoms with E-state index in [1.54, 1.807) is 6.07 Å². The summed E-state index contributed by atoms with van der Waals surface area (Å²) in [4.78, 5) is 0. The zero-order chi connectivity index (χ0) is 30.6. The lowest BCUT2D eigenvalue weighted by molar-refractivity contribution is -0.301. The molecule has 1 aliphatic heterocycles. The van der Waals surface area contributed by atoms with Gasteiger partial charge in [-0.3, -0.25) is 0 Å². The summed E-state index contributed by atoms with van der Waals surface area (Å²) in [7, 11) is 0. The van der Waals surface area contributed by atoms with Gasteiger partial charge in [0.25, 0.3) is 0 Å². The van der Waals surface area contributed by atoms with Gasteiger partial charge in [0, 0.05) is 11.5 Å². The number of unbranched alkanes of at least 4 members (excludes halogenated alkanes) is 2. The molecular weight excluding hydrogens is 570 g/mol. The monoisotopic (exact) mass is 612 g/mol. The van der Waals surface area contributed by atoms with Gasteiger partial charge in [-0.25, -0.2) is 17.6 Å². The minimum Gasteiger partial charge on any atom is -0.348 e. The fourth-order valence-electron chi connectivity index (χ4n) is 7.02. The van der Waals surface area contributed by atoms with Crippen LogP contribution in [0, 0.1) is 35.1 Å². The number of hydrogen-bond donors (Lipinski definition) is 0. The molecule has 2 aromatic rings. The minimum absolute atomic E-state index is 0.00759. The standard InChI is InChI=1S/C34H42F6O3/c1-2-3-4-5-21-6-11-26(12-7-21)34(39,40)43-27-13-8-22(9-14-27)23-10-15-28(29(35)16-23)25-19-41-33(42-20-25)24-17-30(36)32(38)31(37)18-24/h10,15-18,21-22,25-27,33H,2-9,11-14,19-20H2,1H3. The summed E-state index contributed by atoms with van der Waals surface area (Å²) in [6.45, 7) is 2.28. The van der Waals surface area contributed by atoms with Crippen LogP contribution in [-0.2, 0) is 14.2 Å². The Morgan fingerprint density at radius 2 is 1.37 bits per heavy atom. The predicted octanol–water partition coefficient (Wildman–Crippen LogP) is 10.1. The highest BCUT2D eigenvalue weighted by Crippen LogP contribution is 2.44. The number of hydrogen-bond acceptors (Lipinski definition) is 3. The van der Waals surface area contributed by atoms with Crippen molar-refractivity contribution in [2.24, 2.45) is 11.8 Å². The molecule has 2 saturated carbocycles. The molecule has 3 nitrogen and oxygen atoms in total. The predicted molar refractivity (Wildman–Crippen MR) is 151 cm³/mol. The third-order valence-corrected chi connectivity index (χ3v) is 9.65. The van der Waals surface area contributed by atoms with E-state index in [-0.39, 0.29) is 24.7 Å². The summed E-state index contributed by atoms with van der Waals surface area (Å²) in [6, 6.07) is 6.68. The lowest BCUT2D eigenvalue weighted by Gasteiger charge is -2.37.